The van der Waals surface area contributed by atoms with Gasteiger partial charge in [0.1, 0.15) is 12.6 Å². The van der Waals surface area contributed by atoms with Crippen molar-refractivity contribution in [1.29, 1.82) is 0 Å². The number of aromatic nitrogens is 4. The number of amides is 1. The Morgan fingerprint density at radius 3 is 2.79 bits per heavy atom. The molecule has 0 saturated carbocycles. The molecule has 2 atom stereocenters. The molecular weight excluding hydrogens is 401 g/mol. The van der Waals surface area contributed by atoms with Crippen molar-refractivity contribution in [1.82, 2.24) is 19.5 Å². The lowest BCUT2D eigenvalue weighted by Gasteiger charge is -2.15. The summed E-state index contributed by atoms with van der Waals surface area (Å²) in [6.45, 7) is -0.208. The quantitative estimate of drug-likeness (QED) is 0.509. The summed E-state index contributed by atoms with van der Waals surface area (Å²) in [5.41, 5.74) is 1.38. The average Bonchev–Trinajstić information content (AvgIpc) is 3.34. The van der Waals surface area contributed by atoms with E-state index < -0.39 is 20.2 Å². The van der Waals surface area contributed by atoms with E-state index in [1.165, 1.54) is 12.7 Å². The fourth-order valence-corrected chi connectivity index (χ4v) is 3.48. The second-order valence-corrected chi connectivity index (χ2v) is 7.68. The van der Waals surface area contributed by atoms with Crippen LogP contribution in [0.1, 0.15) is 29.4 Å². The van der Waals surface area contributed by atoms with E-state index in [-0.39, 0.29) is 18.3 Å². The number of fused-ring (bicyclic) bond motifs is 1. The monoisotopic (exact) mass is 419 g/mol. The molecule has 1 aliphatic heterocycles. The van der Waals surface area contributed by atoms with Gasteiger partial charge in [-0.1, -0.05) is 18.2 Å². The van der Waals surface area contributed by atoms with Gasteiger partial charge in [0.15, 0.2) is 17.0 Å². The second-order valence-electron chi connectivity index (χ2n) is 6.44. The van der Waals surface area contributed by atoms with Gasteiger partial charge in [-0.3, -0.25) is 13.9 Å². The molecule has 0 bridgehead atoms. The van der Waals surface area contributed by atoms with Crippen LogP contribution in [0.4, 0.5) is 5.82 Å². The van der Waals surface area contributed by atoms with Crippen molar-refractivity contribution in [2.24, 2.45) is 0 Å². The maximum Gasteiger partial charge on any atom is 0.469 e. The van der Waals surface area contributed by atoms with Gasteiger partial charge in [-0.15, -0.1) is 0 Å². The standard InChI is InChI=1S/C17H18N5O6P/c23-17(11-4-2-1-3-5-11)21-15-14-16(19-9-18-15)22(10-20-14)13-7-6-12(28-13)8-27-29(24,25)26/h1-5,9-10,12-13H,6-8H2,(H2,24,25,26)(H,18,19,21,23). The Labute approximate surface area is 165 Å². The maximum absolute atomic E-state index is 12.4. The van der Waals surface area contributed by atoms with E-state index in [9.17, 15) is 9.36 Å². The van der Waals surface area contributed by atoms with Crippen molar-refractivity contribution in [3.8, 4) is 0 Å². The van der Waals surface area contributed by atoms with Gasteiger partial charge in [0.05, 0.1) is 19.0 Å². The summed E-state index contributed by atoms with van der Waals surface area (Å²) >= 11 is 0. The minimum Gasteiger partial charge on any atom is -0.352 e. The molecule has 1 saturated heterocycles. The van der Waals surface area contributed by atoms with E-state index in [4.69, 9.17) is 14.5 Å². The Morgan fingerprint density at radius 1 is 1.24 bits per heavy atom. The van der Waals surface area contributed by atoms with E-state index in [1.807, 2.05) is 6.07 Å². The smallest absolute Gasteiger partial charge is 0.352 e. The summed E-state index contributed by atoms with van der Waals surface area (Å²) in [4.78, 5) is 42.7. The van der Waals surface area contributed by atoms with Crippen LogP contribution in [0.3, 0.4) is 0 Å². The molecule has 152 valence electrons. The van der Waals surface area contributed by atoms with Gasteiger partial charge < -0.3 is 19.8 Å². The molecule has 0 radical (unpaired) electrons. The number of nitrogens with zero attached hydrogens (tertiary/aromatic N) is 4. The largest absolute Gasteiger partial charge is 0.469 e. The van der Waals surface area contributed by atoms with Crippen molar-refractivity contribution < 1.29 is 28.4 Å². The van der Waals surface area contributed by atoms with Crippen molar-refractivity contribution in [3.63, 3.8) is 0 Å². The third-order valence-electron chi connectivity index (χ3n) is 4.45. The normalized spacial score (nSPS) is 19.5. The molecule has 12 heteroatoms. The highest BCUT2D eigenvalue weighted by Crippen LogP contribution is 2.38. The van der Waals surface area contributed by atoms with E-state index in [0.29, 0.717) is 29.6 Å². The first-order valence-corrected chi connectivity index (χ1v) is 10.3. The Hall–Kier alpha value is -2.69. The fraction of sp³-hybridized carbons (Fsp3) is 0.294. The van der Waals surface area contributed by atoms with Crippen LogP contribution in [-0.2, 0) is 13.8 Å². The van der Waals surface area contributed by atoms with Gasteiger partial charge in [-0.2, -0.15) is 0 Å². The molecule has 0 aliphatic carbocycles. The van der Waals surface area contributed by atoms with Gasteiger partial charge in [0, 0.05) is 5.56 Å². The molecule has 1 fully saturated rings. The third-order valence-corrected chi connectivity index (χ3v) is 4.94. The Kier molecular flexibility index (Phi) is 5.39. The third kappa shape index (κ3) is 4.50. The summed E-state index contributed by atoms with van der Waals surface area (Å²) in [7, 11) is -4.54. The van der Waals surface area contributed by atoms with Gasteiger partial charge >= 0.3 is 7.82 Å². The molecule has 2 aromatic heterocycles. The number of phosphoric ester groups is 1. The number of phosphoric acid groups is 1. The molecule has 1 aromatic carbocycles. The summed E-state index contributed by atoms with van der Waals surface area (Å²) in [6.07, 6.45) is 3.14. The maximum atomic E-state index is 12.4. The summed E-state index contributed by atoms with van der Waals surface area (Å²) < 4.78 is 22.9. The zero-order valence-electron chi connectivity index (χ0n) is 15.1. The molecule has 0 spiro atoms. The number of anilines is 1. The highest BCUT2D eigenvalue weighted by atomic mass is 31.2. The minimum absolute atomic E-state index is 0.208. The lowest BCUT2D eigenvalue weighted by molar-refractivity contribution is -0.0205. The molecule has 4 rings (SSSR count). The lowest BCUT2D eigenvalue weighted by Crippen LogP contribution is -2.16. The van der Waals surface area contributed by atoms with E-state index in [2.05, 4.69) is 24.8 Å². The number of rotatable bonds is 6. The second kappa shape index (κ2) is 7.97. The van der Waals surface area contributed by atoms with Crippen LogP contribution in [0.5, 0.6) is 0 Å². The average molecular weight is 419 g/mol. The zero-order chi connectivity index (χ0) is 20.4. The number of hydrogen-bond donors (Lipinski definition) is 3. The molecule has 29 heavy (non-hydrogen) atoms. The van der Waals surface area contributed by atoms with Crippen molar-refractivity contribution in [2.45, 2.75) is 25.2 Å². The molecule has 1 amide bonds. The molecule has 3 N–H and O–H groups in total. The molecule has 3 heterocycles. The Morgan fingerprint density at radius 2 is 2.03 bits per heavy atom. The number of nitrogens with one attached hydrogen (secondary N) is 1. The number of benzene rings is 1. The van der Waals surface area contributed by atoms with E-state index in [1.54, 1.807) is 28.8 Å². The SMILES string of the molecule is O=C(Nc1ncnc2c1ncn2C1CCC(COP(=O)(O)O)O1)c1ccccc1. The predicted octanol–water partition coefficient (Wildman–Crippen LogP) is 1.87. The Bertz CT molecular complexity index is 1070. The summed E-state index contributed by atoms with van der Waals surface area (Å²) in [6, 6.07) is 8.74. The van der Waals surface area contributed by atoms with Crippen LogP contribution in [0, 0.1) is 0 Å². The molecule has 1 aliphatic rings. The van der Waals surface area contributed by atoms with Crippen LogP contribution in [0.2, 0.25) is 0 Å². The van der Waals surface area contributed by atoms with Gasteiger partial charge in [-0.25, -0.2) is 19.5 Å². The van der Waals surface area contributed by atoms with Gasteiger partial charge in [0.2, 0.25) is 0 Å². The molecular formula is C17H18N5O6P. The number of imidazole rings is 1. The van der Waals surface area contributed by atoms with Crippen LogP contribution in [0.15, 0.2) is 43.0 Å². The first-order valence-electron chi connectivity index (χ1n) is 8.80. The molecule has 11 nitrogen and oxygen atoms in total. The highest BCUT2D eigenvalue weighted by molar-refractivity contribution is 7.46. The molecule has 2 unspecified atom stereocenters. The first kappa shape index (κ1) is 19.6. The number of hydrogen-bond acceptors (Lipinski definition) is 7. The van der Waals surface area contributed by atoms with Crippen molar-refractivity contribution in [2.75, 3.05) is 11.9 Å². The number of carbonyl (C=O) groups excluding carboxylic acids is 1. The van der Waals surface area contributed by atoms with Crippen LogP contribution in [-0.4, -0.2) is 47.9 Å². The number of carbonyl (C=O) groups is 1. The summed E-state index contributed by atoms with van der Waals surface area (Å²) in [5, 5.41) is 2.74. The van der Waals surface area contributed by atoms with Crippen LogP contribution >= 0.6 is 7.82 Å². The summed E-state index contributed by atoms with van der Waals surface area (Å²) in [5.74, 6) is -0.0334. The topological polar surface area (TPSA) is 149 Å². The van der Waals surface area contributed by atoms with Crippen molar-refractivity contribution in [3.05, 3.63) is 48.5 Å². The fourth-order valence-electron chi connectivity index (χ4n) is 3.12. The van der Waals surface area contributed by atoms with E-state index >= 15 is 0 Å². The van der Waals surface area contributed by atoms with E-state index in [0.717, 1.165) is 0 Å². The van der Waals surface area contributed by atoms with Crippen LogP contribution in [0.25, 0.3) is 11.2 Å². The molecule has 3 aromatic rings. The minimum atomic E-state index is -4.54. The Balaban J connectivity index is 1.51. The number of ether oxygens (including phenoxy) is 1. The zero-order valence-corrected chi connectivity index (χ0v) is 16.0. The first-order chi connectivity index (χ1) is 13.9. The van der Waals surface area contributed by atoms with Crippen LogP contribution < -0.4 is 5.32 Å². The van der Waals surface area contributed by atoms with Gasteiger partial charge in [0.25, 0.3) is 5.91 Å². The lowest BCUT2D eigenvalue weighted by atomic mass is 10.2. The highest BCUT2D eigenvalue weighted by Gasteiger charge is 2.30. The predicted molar refractivity (Wildman–Crippen MR) is 101 cm³/mol. The van der Waals surface area contributed by atoms with Crippen molar-refractivity contribution >= 4 is 30.7 Å². The van der Waals surface area contributed by atoms with Gasteiger partial charge in [-0.05, 0) is 25.0 Å².